The van der Waals surface area contributed by atoms with Gasteiger partial charge in [0.05, 0.1) is 4.92 Å². The first-order chi connectivity index (χ1) is 11.0. The maximum absolute atomic E-state index is 13.4. The Balaban J connectivity index is 2.13. The van der Waals surface area contributed by atoms with Crippen LogP contribution in [-0.2, 0) is 11.2 Å². The second-order valence-electron chi connectivity index (χ2n) is 6.41. The summed E-state index contributed by atoms with van der Waals surface area (Å²) in [5, 5.41) is 11.6. The van der Waals surface area contributed by atoms with E-state index in [9.17, 15) is 28.1 Å². The number of hydrogen-bond acceptors (Lipinski definition) is 4. The van der Waals surface area contributed by atoms with Crippen LogP contribution in [0.15, 0.2) is 24.3 Å². The number of nitrogens with one attached hydrogen (secondary N) is 1. The van der Waals surface area contributed by atoms with Crippen molar-refractivity contribution in [2.24, 2.45) is 0 Å². The van der Waals surface area contributed by atoms with Gasteiger partial charge in [-0.05, 0) is 32.3 Å². The van der Waals surface area contributed by atoms with Crippen LogP contribution in [0.2, 0.25) is 0 Å². The summed E-state index contributed by atoms with van der Waals surface area (Å²) in [6, 6.07) is 3.59. The number of non-ortho nitro benzene ring substituents is 1. The molecule has 1 N–H and O–H groups in total. The maximum Gasteiger partial charge on any atom is 0.405 e. The number of nitro groups is 1. The zero-order chi connectivity index (χ0) is 18.1. The summed E-state index contributed by atoms with van der Waals surface area (Å²) in [5.41, 5.74) is 1.81. The van der Waals surface area contributed by atoms with Gasteiger partial charge in [0.1, 0.15) is 6.04 Å². The largest absolute Gasteiger partial charge is 0.405 e. The van der Waals surface area contributed by atoms with Crippen molar-refractivity contribution < 1.29 is 22.9 Å². The van der Waals surface area contributed by atoms with Gasteiger partial charge >= 0.3 is 6.18 Å². The van der Waals surface area contributed by atoms with Crippen molar-refractivity contribution in [3.63, 3.8) is 0 Å². The van der Waals surface area contributed by atoms with Crippen LogP contribution >= 0.6 is 0 Å². The molecule has 1 heterocycles. The Hall–Kier alpha value is -2.16. The van der Waals surface area contributed by atoms with E-state index in [0.717, 1.165) is 5.01 Å². The van der Waals surface area contributed by atoms with E-state index in [1.165, 1.54) is 24.3 Å². The Morgan fingerprint density at radius 3 is 2.33 bits per heavy atom. The average molecular weight is 345 g/mol. The molecule has 1 atom stereocenters. The number of nitrogens with zero attached hydrogens (tertiary/aromatic N) is 2. The Labute approximate surface area is 136 Å². The van der Waals surface area contributed by atoms with Gasteiger partial charge in [-0.25, -0.2) is 5.01 Å². The van der Waals surface area contributed by atoms with Crippen LogP contribution in [0.1, 0.15) is 32.3 Å². The first-order valence-corrected chi connectivity index (χ1v) is 7.39. The summed E-state index contributed by atoms with van der Waals surface area (Å²) >= 11 is 0. The number of nitro benzene ring substituents is 1. The minimum absolute atomic E-state index is 0.00287. The Morgan fingerprint density at radius 2 is 1.92 bits per heavy atom. The third-order valence-electron chi connectivity index (χ3n) is 4.03. The summed E-state index contributed by atoms with van der Waals surface area (Å²) in [5.74, 6) is -0.440. The molecule has 24 heavy (non-hydrogen) atoms. The Kier molecular flexibility index (Phi) is 4.84. The molecule has 0 spiro atoms. The van der Waals surface area contributed by atoms with Gasteiger partial charge in [0.15, 0.2) is 0 Å². The molecule has 0 aliphatic carbocycles. The molecule has 1 aliphatic heterocycles. The molecule has 0 unspecified atom stereocenters. The molecule has 1 amide bonds. The summed E-state index contributed by atoms with van der Waals surface area (Å²) in [4.78, 5) is 21.5. The third kappa shape index (κ3) is 4.02. The first-order valence-electron chi connectivity index (χ1n) is 7.39. The summed E-state index contributed by atoms with van der Waals surface area (Å²) in [7, 11) is 0. The zero-order valence-electron chi connectivity index (χ0n) is 13.3. The van der Waals surface area contributed by atoms with Crippen LogP contribution in [-0.4, -0.2) is 33.6 Å². The van der Waals surface area contributed by atoms with Crippen LogP contribution in [0, 0.1) is 10.1 Å². The van der Waals surface area contributed by atoms with Gasteiger partial charge < -0.3 is 0 Å². The fraction of sp³-hybridized carbons (Fsp3) is 0.533. The van der Waals surface area contributed by atoms with Crippen molar-refractivity contribution in [1.29, 1.82) is 0 Å². The molecule has 0 radical (unpaired) electrons. The molecule has 0 bridgehead atoms. The van der Waals surface area contributed by atoms with E-state index in [0.29, 0.717) is 5.56 Å². The number of benzene rings is 1. The fourth-order valence-electron chi connectivity index (χ4n) is 2.83. The van der Waals surface area contributed by atoms with Crippen molar-refractivity contribution in [2.75, 3.05) is 0 Å². The number of hydrazine groups is 1. The van der Waals surface area contributed by atoms with Crippen LogP contribution in [0.4, 0.5) is 18.9 Å². The lowest BCUT2D eigenvalue weighted by atomic mass is 9.97. The van der Waals surface area contributed by atoms with E-state index in [1.807, 2.05) is 0 Å². The fourth-order valence-corrected chi connectivity index (χ4v) is 2.83. The predicted molar refractivity (Wildman–Crippen MR) is 79.9 cm³/mol. The summed E-state index contributed by atoms with van der Waals surface area (Å²) < 4.78 is 40.3. The lowest BCUT2D eigenvalue weighted by Crippen LogP contribution is -2.56. The van der Waals surface area contributed by atoms with Gasteiger partial charge in [0.2, 0.25) is 5.91 Å². The zero-order valence-corrected chi connectivity index (χ0v) is 13.3. The molecule has 1 aliphatic rings. The van der Waals surface area contributed by atoms with Crippen molar-refractivity contribution in [3.05, 3.63) is 39.9 Å². The van der Waals surface area contributed by atoms with Crippen LogP contribution in [0.3, 0.4) is 0 Å². The summed E-state index contributed by atoms with van der Waals surface area (Å²) in [6.07, 6.45) is -4.68. The number of carbonyl (C=O) groups excluding carboxylic acids is 1. The smallest absolute Gasteiger partial charge is 0.288 e. The minimum Gasteiger partial charge on any atom is -0.288 e. The van der Waals surface area contributed by atoms with Gasteiger partial charge in [0, 0.05) is 24.1 Å². The molecule has 1 aromatic carbocycles. The standard InChI is InChI=1S/C15H18F3N3O3/c1-14(2)9-13(22)19-20(14)12(15(16,17)18)8-5-10-3-6-11(7-4-10)21(23)24/h3-4,6-7,12H,5,8-9H2,1-2H3,(H,19,22)/t12-/m0/s1. The lowest BCUT2D eigenvalue weighted by Gasteiger charge is -2.37. The number of halogens is 3. The molecule has 132 valence electrons. The normalized spacial score (nSPS) is 19.1. The van der Waals surface area contributed by atoms with Crippen molar-refractivity contribution in [2.45, 2.75) is 50.9 Å². The van der Waals surface area contributed by atoms with E-state index in [2.05, 4.69) is 5.43 Å². The van der Waals surface area contributed by atoms with Gasteiger partial charge in [-0.15, -0.1) is 0 Å². The first kappa shape index (κ1) is 18.2. The Bertz CT molecular complexity index is 629. The summed E-state index contributed by atoms with van der Waals surface area (Å²) in [6.45, 7) is 3.16. The highest BCUT2D eigenvalue weighted by molar-refractivity contribution is 5.78. The monoisotopic (exact) mass is 345 g/mol. The molecule has 1 fully saturated rings. The molecule has 9 heteroatoms. The number of amides is 1. The number of carbonyl (C=O) groups is 1. The average Bonchev–Trinajstić information content (AvgIpc) is 2.71. The number of hydrogen-bond donors (Lipinski definition) is 1. The highest BCUT2D eigenvalue weighted by Gasteiger charge is 2.51. The molecule has 2 rings (SSSR count). The molecular formula is C15H18F3N3O3. The van der Waals surface area contributed by atoms with Gasteiger partial charge in [-0.2, -0.15) is 13.2 Å². The highest BCUT2D eigenvalue weighted by atomic mass is 19.4. The highest BCUT2D eigenvalue weighted by Crippen LogP contribution is 2.35. The van der Waals surface area contributed by atoms with Crippen molar-refractivity contribution >= 4 is 11.6 Å². The third-order valence-corrected chi connectivity index (χ3v) is 4.03. The van der Waals surface area contributed by atoms with E-state index in [1.54, 1.807) is 13.8 Å². The number of alkyl halides is 3. The minimum atomic E-state index is -4.50. The van der Waals surface area contributed by atoms with E-state index >= 15 is 0 Å². The number of aryl methyl sites for hydroxylation is 1. The van der Waals surface area contributed by atoms with Gasteiger partial charge in [0.25, 0.3) is 5.69 Å². The van der Waals surface area contributed by atoms with Gasteiger partial charge in [-0.3, -0.25) is 20.3 Å². The molecule has 0 saturated carbocycles. The van der Waals surface area contributed by atoms with E-state index in [-0.39, 0.29) is 24.9 Å². The SMILES string of the molecule is CC1(C)CC(=O)NN1[C@@H](CCc1ccc([N+](=O)[O-])cc1)C(F)(F)F. The van der Waals surface area contributed by atoms with Crippen LogP contribution in [0.25, 0.3) is 0 Å². The van der Waals surface area contributed by atoms with Crippen molar-refractivity contribution in [3.8, 4) is 0 Å². The second kappa shape index (κ2) is 6.39. The molecule has 1 saturated heterocycles. The van der Waals surface area contributed by atoms with Gasteiger partial charge in [-0.1, -0.05) is 12.1 Å². The van der Waals surface area contributed by atoms with E-state index < -0.39 is 28.6 Å². The van der Waals surface area contributed by atoms with Crippen LogP contribution < -0.4 is 5.43 Å². The van der Waals surface area contributed by atoms with E-state index in [4.69, 9.17) is 0 Å². The lowest BCUT2D eigenvalue weighted by molar-refractivity contribution is -0.384. The molecule has 0 aromatic heterocycles. The number of rotatable bonds is 5. The maximum atomic E-state index is 13.4. The quantitative estimate of drug-likeness (QED) is 0.658. The molecule has 6 nitrogen and oxygen atoms in total. The molecule has 1 aromatic rings. The second-order valence-corrected chi connectivity index (χ2v) is 6.41. The Morgan fingerprint density at radius 1 is 1.33 bits per heavy atom. The van der Waals surface area contributed by atoms with Crippen LogP contribution in [0.5, 0.6) is 0 Å². The van der Waals surface area contributed by atoms with Crippen molar-refractivity contribution in [1.82, 2.24) is 10.4 Å². The predicted octanol–water partition coefficient (Wildman–Crippen LogP) is 2.97. The topological polar surface area (TPSA) is 75.5 Å². The molecular weight excluding hydrogens is 327 g/mol.